The monoisotopic (exact) mass is 482 g/mol. The molecule has 1 saturated heterocycles. The molecule has 26 heavy (non-hydrogen) atoms. The Morgan fingerprint density at radius 3 is 2.85 bits per heavy atom. The first-order valence-corrected chi connectivity index (χ1v) is 8.92. The minimum Gasteiger partial charge on any atom is -0.435 e. The molecule has 0 aliphatic carbocycles. The Labute approximate surface area is 171 Å². The molecule has 1 heterocycles. The van der Waals surface area contributed by atoms with Gasteiger partial charge in [0.1, 0.15) is 5.75 Å². The Morgan fingerprint density at radius 2 is 2.15 bits per heavy atom. The van der Waals surface area contributed by atoms with E-state index >= 15 is 0 Å². The third kappa shape index (κ3) is 7.61. The Kier molecular flexibility index (Phi) is 10.8. The van der Waals surface area contributed by atoms with Gasteiger partial charge in [-0.05, 0) is 50.6 Å². The minimum absolute atomic E-state index is 0. The highest BCUT2D eigenvalue weighted by atomic mass is 127. The average molecular weight is 482 g/mol. The lowest BCUT2D eigenvalue weighted by atomic mass is 10.2. The number of alkyl halides is 2. The summed E-state index contributed by atoms with van der Waals surface area (Å²) in [6.45, 7) is 5.64. The molecule has 1 unspecified atom stereocenters. The SMILES string of the molecule is CCNC(=NCc1cccc(OC(F)F)c1)NCC1CCCN1CC.I. The second-order valence-electron chi connectivity index (χ2n) is 6.03. The van der Waals surface area contributed by atoms with Crippen molar-refractivity contribution in [2.75, 3.05) is 26.2 Å². The van der Waals surface area contributed by atoms with Gasteiger partial charge in [-0.2, -0.15) is 8.78 Å². The summed E-state index contributed by atoms with van der Waals surface area (Å²) < 4.78 is 29.0. The van der Waals surface area contributed by atoms with Crippen molar-refractivity contribution in [3.63, 3.8) is 0 Å². The Bertz CT molecular complexity index is 560. The number of benzene rings is 1. The van der Waals surface area contributed by atoms with Gasteiger partial charge < -0.3 is 15.4 Å². The van der Waals surface area contributed by atoms with Crippen molar-refractivity contribution in [3.05, 3.63) is 29.8 Å². The molecule has 0 saturated carbocycles. The lowest BCUT2D eigenvalue weighted by molar-refractivity contribution is -0.0498. The van der Waals surface area contributed by atoms with Crippen LogP contribution in [0, 0.1) is 0 Å². The van der Waals surface area contributed by atoms with Gasteiger partial charge in [0.05, 0.1) is 6.54 Å². The van der Waals surface area contributed by atoms with Gasteiger partial charge in [0.2, 0.25) is 0 Å². The maximum Gasteiger partial charge on any atom is 0.387 e. The van der Waals surface area contributed by atoms with Gasteiger partial charge in [-0.15, -0.1) is 24.0 Å². The average Bonchev–Trinajstić information content (AvgIpc) is 3.04. The minimum atomic E-state index is -2.81. The van der Waals surface area contributed by atoms with E-state index in [2.05, 4.69) is 32.2 Å². The van der Waals surface area contributed by atoms with E-state index in [1.165, 1.54) is 18.9 Å². The van der Waals surface area contributed by atoms with Gasteiger partial charge >= 0.3 is 6.61 Å². The fourth-order valence-corrected chi connectivity index (χ4v) is 3.09. The van der Waals surface area contributed by atoms with E-state index in [4.69, 9.17) is 0 Å². The van der Waals surface area contributed by atoms with Gasteiger partial charge in [0, 0.05) is 19.1 Å². The van der Waals surface area contributed by atoms with E-state index in [-0.39, 0.29) is 29.7 Å². The van der Waals surface area contributed by atoms with Crippen LogP contribution in [0.5, 0.6) is 5.75 Å². The summed E-state index contributed by atoms with van der Waals surface area (Å²) in [6, 6.07) is 7.19. The molecule has 8 heteroatoms. The van der Waals surface area contributed by atoms with Gasteiger partial charge in [0.25, 0.3) is 0 Å². The van der Waals surface area contributed by atoms with E-state index in [1.807, 2.05) is 13.0 Å². The molecule has 0 radical (unpaired) electrons. The number of likely N-dealkylation sites (tertiary alicyclic amines) is 1. The normalized spacial score (nSPS) is 17.9. The third-order valence-electron chi connectivity index (χ3n) is 4.30. The van der Waals surface area contributed by atoms with Crippen molar-refractivity contribution in [3.8, 4) is 5.75 Å². The molecule has 1 atom stereocenters. The summed E-state index contributed by atoms with van der Waals surface area (Å²) >= 11 is 0. The number of aliphatic imine (C=N–C) groups is 1. The van der Waals surface area contributed by atoms with Crippen molar-refractivity contribution < 1.29 is 13.5 Å². The molecule has 1 aromatic carbocycles. The van der Waals surface area contributed by atoms with Crippen LogP contribution in [0.15, 0.2) is 29.3 Å². The predicted octanol–water partition coefficient (Wildman–Crippen LogP) is 3.45. The molecule has 0 spiro atoms. The van der Waals surface area contributed by atoms with Crippen LogP contribution in [-0.4, -0.2) is 49.7 Å². The van der Waals surface area contributed by atoms with E-state index < -0.39 is 6.61 Å². The van der Waals surface area contributed by atoms with Gasteiger partial charge in [-0.3, -0.25) is 4.90 Å². The number of ether oxygens (including phenoxy) is 1. The second-order valence-corrected chi connectivity index (χ2v) is 6.03. The highest BCUT2D eigenvalue weighted by Crippen LogP contribution is 2.17. The van der Waals surface area contributed by atoms with Crippen molar-refractivity contribution >= 4 is 29.9 Å². The maximum absolute atomic E-state index is 12.3. The third-order valence-corrected chi connectivity index (χ3v) is 4.30. The summed E-state index contributed by atoms with van der Waals surface area (Å²) in [7, 11) is 0. The number of nitrogens with one attached hydrogen (secondary N) is 2. The van der Waals surface area contributed by atoms with Crippen LogP contribution >= 0.6 is 24.0 Å². The fraction of sp³-hybridized carbons (Fsp3) is 0.611. The van der Waals surface area contributed by atoms with E-state index in [1.54, 1.807) is 12.1 Å². The fourth-order valence-electron chi connectivity index (χ4n) is 3.09. The molecule has 0 amide bonds. The summed E-state index contributed by atoms with van der Waals surface area (Å²) in [5.74, 6) is 0.899. The quantitative estimate of drug-likeness (QED) is 0.339. The van der Waals surface area contributed by atoms with Crippen molar-refractivity contribution in [1.82, 2.24) is 15.5 Å². The highest BCUT2D eigenvalue weighted by molar-refractivity contribution is 14.0. The van der Waals surface area contributed by atoms with Crippen molar-refractivity contribution in [2.24, 2.45) is 4.99 Å². The lowest BCUT2D eigenvalue weighted by Gasteiger charge is -2.24. The first-order valence-electron chi connectivity index (χ1n) is 8.92. The number of halogens is 3. The smallest absolute Gasteiger partial charge is 0.387 e. The summed E-state index contributed by atoms with van der Waals surface area (Å²) in [5, 5.41) is 6.62. The molecule has 5 nitrogen and oxygen atoms in total. The molecule has 148 valence electrons. The van der Waals surface area contributed by atoms with E-state index in [9.17, 15) is 8.78 Å². The van der Waals surface area contributed by atoms with Gasteiger partial charge in [0.15, 0.2) is 5.96 Å². The zero-order valence-electron chi connectivity index (χ0n) is 15.4. The Hall–Kier alpha value is -1.16. The van der Waals surface area contributed by atoms with Crippen LogP contribution < -0.4 is 15.4 Å². The molecule has 1 fully saturated rings. The van der Waals surface area contributed by atoms with Crippen LogP contribution in [-0.2, 0) is 6.54 Å². The standard InChI is InChI=1S/C18H28F2N4O.HI/c1-3-21-18(23-13-15-8-6-10-24(15)4-2)22-12-14-7-5-9-16(11-14)25-17(19)20;/h5,7,9,11,15,17H,3-4,6,8,10,12-13H2,1-2H3,(H2,21,22,23);1H. The first kappa shape index (κ1) is 22.9. The number of rotatable bonds is 8. The Balaban J connectivity index is 0.00000338. The van der Waals surface area contributed by atoms with Crippen LogP contribution in [0.2, 0.25) is 0 Å². The zero-order valence-corrected chi connectivity index (χ0v) is 17.7. The van der Waals surface area contributed by atoms with Gasteiger partial charge in [-0.1, -0.05) is 19.1 Å². The first-order chi connectivity index (χ1) is 12.1. The summed E-state index contributed by atoms with van der Waals surface area (Å²) in [6.07, 6.45) is 2.44. The summed E-state index contributed by atoms with van der Waals surface area (Å²) in [4.78, 5) is 7.02. The van der Waals surface area contributed by atoms with Crippen molar-refractivity contribution in [2.45, 2.75) is 45.9 Å². The second kappa shape index (κ2) is 12.3. The molecule has 0 bridgehead atoms. The highest BCUT2D eigenvalue weighted by Gasteiger charge is 2.22. The van der Waals surface area contributed by atoms with Gasteiger partial charge in [-0.25, -0.2) is 4.99 Å². The van der Waals surface area contributed by atoms with Crippen LogP contribution in [0.1, 0.15) is 32.3 Å². The topological polar surface area (TPSA) is 48.9 Å². The van der Waals surface area contributed by atoms with Crippen molar-refractivity contribution in [1.29, 1.82) is 0 Å². The van der Waals surface area contributed by atoms with Crippen LogP contribution in [0.4, 0.5) is 8.78 Å². The summed E-state index contributed by atoms with van der Waals surface area (Å²) in [5.41, 5.74) is 0.825. The number of guanidine groups is 1. The molecule has 2 N–H and O–H groups in total. The predicted molar refractivity (Wildman–Crippen MR) is 112 cm³/mol. The molecular formula is C18H29F2IN4O. The molecule has 1 aliphatic rings. The molecule has 2 rings (SSSR count). The van der Waals surface area contributed by atoms with E-state index in [0.717, 1.165) is 37.7 Å². The molecular weight excluding hydrogens is 453 g/mol. The molecule has 1 aromatic rings. The zero-order chi connectivity index (χ0) is 18.1. The maximum atomic E-state index is 12.3. The molecule has 0 aromatic heterocycles. The number of nitrogens with zero attached hydrogens (tertiary/aromatic N) is 2. The lowest BCUT2D eigenvalue weighted by Crippen LogP contribution is -2.44. The Morgan fingerprint density at radius 1 is 1.35 bits per heavy atom. The number of hydrogen-bond donors (Lipinski definition) is 2. The van der Waals surface area contributed by atoms with Crippen LogP contribution in [0.3, 0.4) is 0 Å². The van der Waals surface area contributed by atoms with Crippen LogP contribution in [0.25, 0.3) is 0 Å². The number of likely N-dealkylation sites (N-methyl/N-ethyl adjacent to an activating group) is 1. The molecule has 1 aliphatic heterocycles. The largest absolute Gasteiger partial charge is 0.435 e. The van der Waals surface area contributed by atoms with E-state index in [0.29, 0.717) is 12.6 Å². The number of hydrogen-bond acceptors (Lipinski definition) is 3.